The van der Waals surface area contributed by atoms with Crippen LogP contribution in [0.4, 0.5) is 13.2 Å². The van der Waals surface area contributed by atoms with Crippen LogP contribution in [0.1, 0.15) is 18.4 Å². The van der Waals surface area contributed by atoms with Gasteiger partial charge in [0.25, 0.3) is 5.91 Å². The van der Waals surface area contributed by atoms with Gasteiger partial charge < -0.3 is 14.7 Å². The summed E-state index contributed by atoms with van der Waals surface area (Å²) in [5.41, 5.74) is -0.809. The van der Waals surface area contributed by atoms with E-state index in [1.165, 1.54) is 4.90 Å². The highest BCUT2D eigenvalue weighted by Gasteiger charge is 2.34. The first kappa shape index (κ1) is 16.1. The van der Waals surface area contributed by atoms with Crippen LogP contribution in [-0.4, -0.2) is 41.1 Å². The summed E-state index contributed by atoms with van der Waals surface area (Å²) >= 11 is 0. The fraction of sp³-hybridized carbons (Fsp3) is 0.429. The number of aliphatic carboxylic acids is 1. The maximum Gasteiger partial charge on any atom is 0.416 e. The van der Waals surface area contributed by atoms with Gasteiger partial charge >= 0.3 is 12.1 Å². The molecule has 1 heterocycles. The topological polar surface area (TPSA) is 66.8 Å². The number of hydrogen-bond donors (Lipinski definition) is 1. The maximum atomic E-state index is 12.4. The molecule has 2 rings (SSSR count). The van der Waals surface area contributed by atoms with E-state index in [2.05, 4.69) is 0 Å². The number of amides is 1. The number of carboxylic acids is 1. The lowest BCUT2D eigenvalue weighted by Gasteiger charge is -2.21. The predicted octanol–water partition coefficient (Wildman–Crippen LogP) is 2.16. The van der Waals surface area contributed by atoms with E-state index < -0.39 is 36.3 Å². The number of carbonyl (C=O) groups is 2. The molecule has 1 aliphatic rings. The number of alkyl halides is 3. The molecule has 120 valence electrons. The third kappa shape index (κ3) is 3.69. The van der Waals surface area contributed by atoms with Crippen molar-refractivity contribution in [3.05, 3.63) is 29.8 Å². The second-order valence-corrected chi connectivity index (χ2v) is 4.89. The quantitative estimate of drug-likeness (QED) is 0.924. The SMILES string of the molecule is O=C(O)[C@@H]1CCCN1C(=O)COc1ccc(C(F)(F)F)cc1. The van der Waals surface area contributed by atoms with E-state index in [-0.39, 0.29) is 5.75 Å². The van der Waals surface area contributed by atoms with E-state index in [0.717, 1.165) is 24.3 Å². The van der Waals surface area contributed by atoms with Crippen molar-refractivity contribution < 1.29 is 32.6 Å². The van der Waals surface area contributed by atoms with Gasteiger partial charge in [0, 0.05) is 6.54 Å². The van der Waals surface area contributed by atoms with Gasteiger partial charge in [0.1, 0.15) is 11.8 Å². The average molecular weight is 317 g/mol. The number of hydrogen-bond acceptors (Lipinski definition) is 3. The van der Waals surface area contributed by atoms with Crippen molar-refractivity contribution in [2.45, 2.75) is 25.1 Å². The summed E-state index contributed by atoms with van der Waals surface area (Å²) in [7, 11) is 0. The fourth-order valence-electron chi connectivity index (χ4n) is 2.29. The summed E-state index contributed by atoms with van der Waals surface area (Å²) in [5, 5.41) is 8.98. The van der Waals surface area contributed by atoms with Crippen molar-refractivity contribution in [3.8, 4) is 5.75 Å². The van der Waals surface area contributed by atoms with Crippen LogP contribution in [0.15, 0.2) is 24.3 Å². The minimum atomic E-state index is -4.43. The molecule has 1 N–H and O–H groups in total. The smallest absolute Gasteiger partial charge is 0.416 e. The fourth-order valence-corrected chi connectivity index (χ4v) is 2.29. The Morgan fingerprint density at radius 2 is 1.91 bits per heavy atom. The van der Waals surface area contributed by atoms with E-state index in [0.29, 0.717) is 19.4 Å². The Hall–Kier alpha value is -2.25. The summed E-state index contributed by atoms with van der Waals surface area (Å²) in [6.45, 7) is -0.0681. The molecule has 1 aliphatic heterocycles. The Morgan fingerprint density at radius 1 is 1.27 bits per heavy atom. The van der Waals surface area contributed by atoms with Gasteiger partial charge in [-0.05, 0) is 37.1 Å². The highest BCUT2D eigenvalue weighted by Crippen LogP contribution is 2.30. The third-order valence-corrected chi connectivity index (χ3v) is 3.40. The molecule has 0 aliphatic carbocycles. The second-order valence-electron chi connectivity index (χ2n) is 4.89. The Kier molecular flexibility index (Phi) is 4.58. The van der Waals surface area contributed by atoms with Crippen molar-refractivity contribution in [1.82, 2.24) is 4.90 Å². The van der Waals surface area contributed by atoms with E-state index in [9.17, 15) is 22.8 Å². The number of carbonyl (C=O) groups excluding carboxylic acids is 1. The molecule has 0 aromatic heterocycles. The molecule has 0 radical (unpaired) electrons. The van der Waals surface area contributed by atoms with Gasteiger partial charge in [-0.1, -0.05) is 0 Å². The lowest BCUT2D eigenvalue weighted by Crippen LogP contribution is -2.42. The van der Waals surface area contributed by atoms with Gasteiger partial charge in [0.05, 0.1) is 5.56 Å². The van der Waals surface area contributed by atoms with Crippen molar-refractivity contribution in [1.29, 1.82) is 0 Å². The van der Waals surface area contributed by atoms with E-state index >= 15 is 0 Å². The molecule has 1 saturated heterocycles. The third-order valence-electron chi connectivity index (χ3n) is 3.40. The van der Waals surface area contributed by atoms with Crippen LogP contribution < -0.4 is 4.74 Å². The standard InChI is InChI=1S/C14H14F3NO4/c15-14(16,17)9-3-5-10(6-4-9)22-8-12(19)18-7-1-2-11(18)13(20)21/h3-6,11H,1-2,7-8H2,(H,20,21)/t11-/m0/s1. The molecular weight excluding hydrogens is 303 g/mol. The molecule has 8 heteroatoms. The lowest BCUT2D eigenvalue weighted by atomic mass is 10.2. The number of benzene rings is 1. The van der Waals surface area contributed by atoms with Crippen LogP contribution in [-0.2, 0) is 15.8 Å². The van der Waals surface area contributed by atoms with Crippen molar-refractivity contribution >= 4 is 11.9 Å². The molecule has 1 amide bonds. The molecule has 0 unspecified atom stereocenters. The Bertz CT molecular complexity index is 556. The first-order chi connectivity index (χ1) is 10.3. The Labute approximate surface area is 124 Å². The number of ether oxygens (including phenoxy) is 1. The predicted molar refractivity (Wildman–Crippen MR) is 69.3 cm³/mol. The van der Waals surface area contributed by atoms with E-state index in [1.807, 2.05) is 0 Å². The molecule has 5 nitrogen and oxygen atoms in total. The molecule has 1 atom stereocenters. The zero-order valence-electron chi connectivity index (χ0n) is 11.5. The molecule has 0 spiro atoms. The lowest BCUT2D eigenvalue weighted by molar-refractivity contribution is -0.148. The number of halogens is 3. The first-order valence-electron chi connectivity index (χ1n) is 6.61. The van der Waals surface area contributed by atoms with Gasteiger partial charge in [0.2, 0.25) is 0 Å². The van der Waals surface area contributed by atoms with Crippen LogP contribution >= 0.6 is 0 Å². The van der Waals surface area contributed by atoms with Gasteiger partial charge in [-0.15, -0.1) is 0 Å². The largest absolute Gasteiger partial charge is 0.484 e. The van der Waals surface area contributed by atoms with Gasteiger partial charge in [-0.2, -0.15) is 13.2 Å². The molecular formula is C14H14F3NO4. The summed E-state index contributed by atoms with van der Waals surface area (Å²) < 4.78 is 42.3. The number of rotatable bonds is 4. The minimum Gasteiger partial charge on any atom is -0.484 e. The zero-order valence-corrected chi connectivity index (χ0v) is 11.5. The minimum absolute atomic E-state index is 0.118. The van der Waals surface area contributed by atoms with Crippen LogP contribution in [0.3, 0.4) is 0 Å². The number of nitrogens with zero attached hydrogens (tertiary/aromatic N) is 1. The van der Waals surface area contributed by atoms with Gasteiger partial charge in [-0.3, -0.25) is 4.79 Å². The number of carboxylic acid groups (broad SMARTS) is 1. The van der Waals surface area contributed by atoms with Crippen LogP contribution in [0.2, 0.25) is 0 Å². The zero-order chi connectivity index (χ0) is 16.3. The molecule has 0 bridgehead atoms. The summed E-state index contributed by atoms with van der Waals surface area (Å²) in [6, 6.07) is 3.10. The second kappa shape index (κ2) is 6.25. The number of likely N-dealkylation sites (tertiary alicyclic amines) is 1. The first-order valence-corrected chi connectivity index (χ1v) is 6.61. The van der Waals surface area contributed by atoms with Crippen LogP contribution in [0, 0.1) is 0 Å². The van der Waals surface area contributed by atoms with E-state index in [4.69, 9.17) is 9.84 Å². The summed E-state index contributed by atoms with van der Waals surface area (Å²) in [6.07, 6.45) is -3.44. The molecule has 1 aromatic carbocycles. The average Bonchev–Trinajstić information content (AvgIpc) is 2.94. The van der Waals surface area contributed by atoms with Crippen LogP contribution in [0.5, 0.6) is 5.75 Å². The molecule has 1 fully saturated rings. The molecule has 0 saturated carbocycles. The highest BCUT2D eigenvalue weighted by molar-refractivity contribution is 5.85. The normalized spacial score (nSPS) is 18.3. The monoisotopic (exact) mass is 317 g/mol. The van der Waals surface area contributed by atoms with Gasteiger partial charge in [-0.25, -0.2) is 4.79 Å². The molecule has 22 heavy (non-hydrogen) atoms. The van der Waals surface area contributed by atoms with E-state index in [1.54, 1.807) is 0 Å². The Balaban J connectivity index is 1.92. The van der Waals surface area contributed by atoms with Crippen LogP contribution in [0.25, 0.3) is 0 Å². The van der Waals surface area contributed by atoms with Crippen molar-refractivity contribution in [2.24, 2.45) is 0 Å². The summed E-state index contributed by atoms with van der Waals surface area (Å²) in [4.78, 5) is 24.1. The van der Waals surface area contributed by atoms with Crippen molar-refractivity contribution in [3.63, 3.8) is 0 Å². The molecule has 1 aromatic rings. The van der Waals surface area contributed by atoms with Gasteiger partial charge in [0.15, 0.2) is 6.61 Å². The highest BCUT2D eigenvalue weighted by atomic mass is 19.4. The Morgan fingerprint density at radius 3 is 2.45 bits per heavy atom. The summed E-state index contributed by atoms with van der Waals surface area (Å²) in [5.74, 6) is -1.45. The maximum absolute atomic E-state index is 12.4. The van der Waals surface area contributed by atoms with Crippen molar-refractivity contribution in [2.75, 3.05) is 13.2 Å².